The number of halogens is 2. The maximum absolute atomic E-state index is 5.92. The lowest BCUT2D eigenvalue weighted by atomic mass is 10.2. The van der Waals surface area contributed by atoms with Gasteiger partial charge in [-0.3, -0.25) is 0 Å². The smallest absolute Gasteiger partial charge is 0.0521 e. The summed E-state index contributed by atoms with van der Waals surface area (Å²) in [7, 11) is 0. The summed E-state index contributed by atoms with van der Waals surface area (Å²) in [5, 5.41) is 4.55. The number of hydrogen-bond donors (Lipinski definition) is 1. The van der Waals surface area contributed by atoms with Gasteiger partial charge in [-0.25, -0.2) is 0 Å². The third kappa shape index (κ3) is 4.04. The lowest BCUT2D eigenvalue weighted by Gasteiger charge is -2.05. The maximum atomic E-state index is 5.92. The molecule has 0 bridgehead atoms. The molecule has 1 nitrogen and oxygen atoms in total. The van der Waals surface area contributed by atoms with Crippen molar-refractivity contribution in [2.75, 3.05) is 0 Å². The van der Waals surface area contributed by atoms with E-state index >= 15 is 0 Å². The van der Waals surface area contributed by atoms with E-state index in [0.29, 0.717) is 16.6 Å². The molecule has 0 aliphatic rings. The van der Waals surface area contributed by atoms with Crippen molar-refractivity contribution in [3.8, 4) is 0 Å². The Morgan fingerprint density at radius 2 is 1.59 bits per heavy atom. The van der Waals surface area contributed by atoms with Gasteiger partial charge in [0.05, 0.1) is 6.54 Å². The van der Waals surface area contributed by atoms with Crippen LogP contribution in [0.3, 0.4) is 0 Å². The Labute approximate surface area is 111 Å². The summed E-state index contributed by atoms with van der Waals surface area (Å²) in [5.74, 6) is 0. The molecule has 2 rings (SSSR count). The largest absolute Gasteiger partial charge is 0.304 e. The van der Waals surface area contributed by atoms with Crippen LogP contribution < -0.4 is 5.32 Å². The van der Waals surface area contributed by atoms with Crippen LogP contribution in [0.25, 0.3) is 0 Å². The molecule has 3 heteroatoms. The number of nitrogens with one attached hydrogen (secondary N) is 1. The third-order valence-electron chi connectivity index (χ3n) is 2.30. The number of hydrogen-bond acceptors (Lipinski definition) is 1. The van der Waals surface area contributed by atoms with Crippen molar-refractivity contribution >= 4 is 23.2 Å². The van der Waals surface area contributed by atoms with Gasteiger partial charge >= 0.3 is 0 Å². The SMILES string of the molecule is Clc1cc(Cl)cc(CN[CH]c2ccccc2)c1. The zero-order valence-electron chi connectivity index (χ0n) is 9.16. The van der Waals surface area contributed by atoms with Gasteiger partial charge in [-0.15, -0.1) is 0 Å². The van der Waals surface area contributed by atoms with Gasteiger partial charge in [-0.05, 0) is 29.3 Å². The second kappa shape index (κ2) is 6.06. The summed E-state index contributed by atoms with van der Waals surface area (Å²) < 4.78 is 0. The molecule has 1 radical (unpaired) electrons. The van der Waals surface area contributed by atoms with Gasteiger partial charge in [-0.2, -0.15) is 0 Å². The molecular formula is C14H12Cl2N. The Kier molecular flexibility index (Phi) is 4.43. The van der Waals surface area contributed by atoms with Crippen LogP contribution in [-0.2, 0) is 6.54 Å². The normalized spacial score (nSPS) is 10.5. The molecule has 0 atom stereocenters. The Morgan fingerprint density at radius 3 is 2.24 bits per heavy atom. The molecule has 2 aromatic carbocycles. The summed E-state index contributed by atoms with van der Waals surface area (Å²) in [5.41, 5.74) is 2.20. The second-order valence-corrected chi connectivity index (χ2v) is 4.59. The number of benzene rings is 2. The van der Waals surface area contributed by atoms with Gasteiger partial charge in [0, 0.05) is 16.6 Å². The van der Waals surface area contributed by atoms with Crippen molar-refractivity contribution in [1.29, 1.82) is 0 Å². The molecule has 1 N–H and O–H groups in total. The lowest BCUT2D eigenvalue weighted by molar-refractivity contribution is 0.819. The summed E-state index contributed by atoms with van der Waals surface area (Å²) in [6.45, 7) is 2.67. The molecule has 0 heterocycles. The first-order chi connectivity index (χ1) is 8.24. The summed E-state index contributed by atoms with van der Waals surface area (Å²) in [6, 6.07) is 15.6. The van der Waals surface area contributed by atoms with E-state index < -0.39 is 0 Å². The van der Waals surface area contributed by atoms with Crippen molar-refractivity contribution in [1.82, 2.24) is 5.32 Å². The highest BCUT2D eigenvalue weighted by molar-refractivity contribution is 6.34. The highest BCUT2D eigenvalue weighted by atomic mass is 35.5. The van der Waals surface area contributed by atoms with Crippen LogP contribution in [0.2, 0.25) is 10.0 Å². The standard InChI is InChI=1S/C14H12Cl2N/c15-13-6-12(7-14(16)8-13)10-17-9-11-4-2-1-3-5-11/h1-9,17H,10H2. The van der Waals surface area contributed by atoms with Crippen LogP contribution in [0.15, 0.2) is 48.5 Å². The van der Waals surface area contributed by atoms with Gasteiger partial charge in [0.1, 0.15) is 0 Å². The molecule has 0 aliphatic carbocycles. The third-order valence-corrected chi connectivity index (χ3v) is 2.73. The first kappa shape index (κ1) is 12.4. The van der Waals surface area contributed by atoms with E-state index in [9.17, 15) is 0 Å². The average Bonchev–Trinajstić information content (AvgIpc) is 2.29. The minimum atomic E-state index is 0.661. The van der Waals surface area contributed by atoms with Gasteiger partial charge in [0.25, 0.3) is 0 Å². The van der Waals surface area contributed by atoms with E-state index in [0.717, 1.165) is 11.1 Å². The molecule has 0 saturated heterocycles. The molecule has 0 amide bonds. The van der Waals surface area contributed by atoms with Crippen LogP contribution >= 0.6 is 23.2 Å². The molecular weight excluding hydrogens is 253 g/mol. The monoisotopic (exact) mass is 264 g/mol. The summed E-state index contributed by atoms with van der Waals surface area (Å²) in [4.78, 5) is 0. The second-order valence-electron chi connectivity index (χ2n) is 3.71. The quantitative estimate of drug-likeness (QED) is 0.869. The van der Waals surface area contributed by atoms with E-state index in [1.165, 1.54) is 0 Å². The molecule has 0 aromatic heterocycles. The van der Waals surface area contributed by atoms with E-state index in [1.807, 2.05) is 49.0 Å². The van der Waals surface area contributed by atoms with Crippen LogP contribution in [0.5, 0.6) is 0 Å². The minimum absolute atomic E-state index is 0.661. The summed E-state index contributed by atoms with van der Waals surface area (Å²) >= 11 is 11.8. The van der Waals surface area contributed by atoms with Crippen molar-refractivity contribution in [3.05, 3.63) is 76.2 Å². The zero-order valence-corrected chi connectivity index (χ0v) is 10.7. The molecule has 0 spiro atoms. The van der Waals surface area contributed by atoms with Crippen LogP contribution in [0.4, 0.5) is 0 Å². The van der Waals surface area contributed by atoms with Crippen molar-refractivity contribution < 1.29 is 0 Å². The molecule has 87 valence electrons. The Hall–Kier alpha value is -1.02. The Bertz CT molecular complexity index is 463. The van der Waals surface area contributed by atoms with E-state index in [2.05, 4.69) is 5.32 Å². The minimum Gasteiger partial charge on any atom is -0.304 e. The van der Waals surface area contributed by atoms with E-state index in [4.69, 9.17) is 23.2 Å². The highest BCUT2D eigenvalue weighted by Crippen LogP contribution is 2.18. The van der Waals surface area contributed by atoms with Crippen LogP contribution in [0, 0.1) is 6.54 Å². The highest BCUT2D eigenvalue weighted by Gasteiger charge is 1.98. The lowest BCUT2D eigenvalue weighted by Crippen LogP contribution is -2.10. The predicted octanol–water partition coefficient (Wildman–Crippen LogP) is 4.29. The Balaban J connectivity index is 1.90. The Morgan fingerprint density at radius 1 is 0.941 bits per heavy atom. The van der Waals surface area contributed by atoms with Gasteiger partial charge in [-0.1, -0.05) is 53.5 Å². The zero-order chi connectivity index (χ0) is 12.1. The van der Waals surface area contributed by atoms with E-state index in [-0.39, 0.29) is 0 Å². The van der Waals surface area contributed by atoms with E-state index in [1.54, 1.807) is 6.07 Å². The fourth-order valence-electron chi connectivity index (χ4n) is 1.55. The van der Waals surface area contributed by atoms with Gasteiger partial charge in [0.15, 0.2) is 0 Å². The van der Waals surface area contributed by atoms with Crippen molar-refractivity contribution in [2.24, 2.45) is 0 Å². The molecule has 0 unspecified atom stereocenters. The molecule has 2 aromatic rings. The molecule has 0 aliphatic heterocycles. The van der Waals surface area contributed by atoms with Gasteiger partial charge in [0.2, 0.25) is 0 Å². The molecule has 0 saturated carbocycles. The van der Waals surface area contributed by atoms with Gasteiger partial charge < -0.3 is 5.32 Å². The number of rotatable bonds is 4. The molecule has 0 fully saturated rings. The first-order valence-electron chi connectivity index (χ1n) is 5.31. The van der Waals surface area contributed by atoms with Crippen molar-refractivity contribution in [3.63, 3.8) is 0 Å². The maximum Gasteiger partial charge on any atom is 0.0521 e. The topological polar surface area (TPSA) is 12.0 Å². The fourth-order valence-corrected chi connectivity index (χ4v) is 2.12. The van der Waals surface area contributed by atoms with Crippen LogP contribution in [-0.4, -0.2) is 0 Å². The van der Waals surface area contributed by atoms with Crippen LogP contribution in [0.1, 0.15) is 11.1 Å². The average molecular weight is 265 g/mol. The molecule has 17 heavy (non-hydrogen) atoms. The fraction of sp³-hybridized carbons (Fsp3) is 0.0714. The first-order valence-corrected chi connectivity index (χ1v) is 6.06. The van der Waals surface area contributed by atoms with Crippen molar-refractivity contribution in [2.45, 2.75) is 6.54 Å². The predicted molar refractivity (Wildman–Crippen MR) is 73.1 cm³/mol. The summed E-state index contributed by atoms with van der Waals surface area (Å²) in [6.07, 6.45) is 0.